The summed E-state index contributed by atoms with van der Waals surface area (Å²) in [7, 11) is 2.21. The number of thioether (sulfide) groups is 1. The molecule has 24 heteroatoms. The second-order valence-electron chi connectivity index (χ2n) is 16.7. The van der Waals surface area contributed by atoms with Gasteiger partial charge in [-0.25, -0.2) is 19.7 Å². The molecule has 5 rings (SSSR count). The molecule has 0 saturated carbocycles. The van der Waals surface area contributed by atoms with Crippen LogP contribution in [0.1, 0.15) is 84.9 Å². The average molecular weight is 1020 g/mol. The summed E-state index contributed by atoms with van der Waals surface area (Å²) in [5.74, 6) is -6.91. The summed E-state index contributed by atoms with van der Waals surface area (Å²) >= 11 is 1.35. The van der Waals surface area contributed by atoms with Gasteiger partial charge in [-0.3, -0.25) is 43.3 Å². The third-order valence-electron chi connectivity index (χ3n) is 11.6. The monoisotopic (exact) mass is 1020 g/mol. The van der Waals surface area contributed by atoms with Crippen LogP contribution in [-0.4, -0.2) is 146 Å². The molecule has 0 spiro atoms. The average Bonchev–Trinajstić information content (AvgIpc) is 4.20. The summed E-state index contributed by atoms with van der Waals surface area (Å²) in [5, 5.41) is 27.8. The Kier molecular flexibility index (Phi) is 21.9. The number of carbonyl (C=O) groups excluding carboxylic acids is 8. The molecular formula is C46H58N10O11S3. The molecule has 1 saturated heterocycles. The third-order valence-corrected chi connectivity index (χ3v) is 15.0. The van der Waals surface area contributed by atoms with Gasteiger partial charge < -0.3 is 41.1 Å². The molecule has 4 aromatic rings. The summed E-state index contributed by atoms with van der Waals surface area (Å²) in [6.45, 7) is 1.23. The van der Waals surface area contributed by atoms with Crippen molar-refractivity contribution in [3.05, 3.63) is 90.0 Å². The van der Waals surface area contributed by atoms with Gasteiger partial charge in [0.1, 0.15) is 6.04 Å². The van der Waals surface area contributed by atoms with E-state index >= 15 is 0 Å². The Balaban J connectivity index is 1.18. The fourth-order valence-corrected chi connectivity index (χ4v) is 10.7. The second kappa shape index (κ2) is 27.9. The minimum absolute atomic E-state index is 0.0475. The van der Waals surface area contributed by atoms with Crippen LogP contribution in [0.15, 0.2) is 61.8 Å². The predicted octanol–water partition coefficient (Wildman–Crippen LogP) is 2.40. The number of amides is 5. The highest BCUT2D eigenvalue weighted by atomic mass is 33.1. The molecular weight excluding hydrogens is 965 g/mol. The first-order valence-electron chi connectivity index (χ1n) is 22.6. The Hall–Kier alpha value is -6.11. The number of carboxylic acids is 1. The maximum atomic E-state index is 14.3. The maximum Gasteiger partial charge on any atom is 0.327 e. The number of nitrogens with one attached hydrogen (secondary N) is 6. The minimum Gasteiger partial charge on any atom is -0.480 e. The topological polar surface area (TPSA) is 319 Å². The lowest BCUT2D eigenvalue weighted by Crippen LogP contribution is -2.49. The highest BCUT2D eigenvalue weighted by Gasteiger charge is 2.38. The van der Waals surface area contributed by atoms with Crippen LogP contribution in [0.3, 0.4) is 0 Å². The van der Waals surface area contributed by atoms with Crippen molar-refractivity contribution in [2.24, 2.45) is 11.8 Å². The fraction of sp³-hybridized carbons (Fsp3) is 0.478. The van der Waals surface area contributed by atoms with Crippen LogP contribution < -0.4 is 16.0 Å². The number of hydrogen-bond acceptors (Lipinski definition) is 16. The van der Waals surface area contributed by atoms with E-state index in [0.717, 1.165) is 21.6 Å². The number of benzene rings is 1. The summed E-state index contributed by atoms with van der Waals surface area (Å²) in [4.78, 5) is 140. The van der Waals surface area contributed by atoms with E-state index in [1.165, 1.54) is 61.2 Å². The molecule has 6 atom stereocenters. The molecule has 1 aliphatic rings. The number of likely N-dealkylation sites (tertiary alicyclic amines) is 1. The standard InChI is InChI=1S/C46H58N10O11S3/c1-27(58)36(53-41(61)10-4-3-7-11-56-42(62)17-40(68-2)45(56)65)22-69-70-23-37(46(66)67)55-44(64)30(13-32-19-48-25-51-32)15-39(60)35(16-33-20-49-26-52-33)54-43(63)29(12-31-18-47-24-50-31)14-38(59)34-9-6-5-8-28(34)21-57/h5-6,8-9,18-20,24-26,29-30,35-37,40,57H,3-4,7,10-17,21-23H2,1-2H3,(H,47,50)(H,48,51)(H,49,52)(H,53,61)(H,54,63)(H,55,64)(H,66,67). The number of imide groups is 1. The van der Waals surface area contributed by atoms with Crippen molar-refractivity contribution in [1.82, 2.24) is 50.8 Å². The molecule has 1 aromatic carbocycles. The molecule has 70 heavy (non-hydrogen) atoms. The minimum atomic E-state index is -1.43. The van der Waals surface area contributed by atoms with Crippen molar-refractivity contribution in [3.8, 4) is 0 Å². The van der Waals surface area contributed by atoms with Gasteiger partial charge in [0, 0.05) is 104 Å². The van der Waals surface area contributed by atoms with Gasteiger partial charge in [0.25, 0.3) is 0 Å². The van der Waals surface area contributed by atoms with Gasteiger partial charge in [0.05, 0.1) is 54.8 Å². The Morgan fingerprint density at radius 1 is 0.757 bits per heavy atom. The quantitative estimate of drug-likeness (QED) is 0.0151. The number of ketones is 3. The van der Waals surface area contributed by atoms with Crippen LogP contribution >= 0.6 is 33.3 Å². The van der Waals surface area contributed by atoms with Gasteiger partial charge >= 0.3 is 5.97 Å². The molecule has 3 aromatic heterocycles. The smallest absolute Gasteiger partial charge is 0.327 e. The molecule has 4 heterocycles. The number of aliphatic hydroxyl groups excluding tert-OH is 1. The largest absolute Gasteiger partial charge is 0.480 e. The fourth-order valence-electron chi connectivity index (χ4n) is 7.67. The third kappa shape index (κ3) is 16.8. The van der Waals surface area contributed by atoms with Gasteiger partial charge in [-0.1, -0.05) is 52.3 Å². The molecule has 6 unspecified atom stereocenters. The van der Waals surface area contributed by atoms with Crippen molar-refractivity contribution in [2.45, 2.75) is 101 Å². The van der Waals surface area contributed by atoms with Crippen LogP contribution in [-0.2, 0) is 64.2 Å². The molecule has 5 amide bonds. The van der Waals surface area contributed by atoms with Gasteiger partial charge in [-0.15, -0.1) is 0 Å². The van der Waals surface area contributed by atoms with Crippen molar-refractivity contribution < 1.29 is 53.4 Å². The van der Waals surface area contributed by atoms with Gasteiger partial charge in [0.15, 0.2) is 17.3 Å². The van der Waals surface area contributed by atoms with Gasteiger partial charge in [0.2, 0.25) is 29.5 Å². The number of aromatic amines is 3. The molecule has 1 fully saturated rings. The number of aromatic nitrogens is 6. The zero-order chi connectivity index (χ0) is 50.6. The Bertz CT molecular complexity index is 2400. The van der Waals surface area contributed by atoms with E-state index in [0.29, 0.717) is 41.9 Å². The molecule has 0 radical (unpaired) electrons. The Morgan fingerprint density at radius 3 is 1.87 bits per heavy atom. The summed E-state index contributed by atoms with van der Waals surface area (Å²) in [6, 6.07) is 2.99. The molecule has 0 bridgehead atoms. The van der Waals surface area contributed by atoms with Crippen molar-refractivity contribution in [3.63, 3.8) is 0 Å². The summed E-state index contributed by atoms with van der Waals surface area (Å²) in [5.41, 5.74) is 2.18. The summed E-state index contributed by atoms with van der Waals surface area (Å²) < 4.78 is 0. The van der Waals surface area contributed by atoms with Gasteiger partial charge in [-0.2, -0.15) is 11.8 Å². The molecule has 376 valence electrons. The zero-order valence-corrected chi connectivity index (χ0v) is 41.2. The van der Waals surface area contributed by atoms with E-state index in [2.05, 4.69) is 45.9 Å². The number of carbonyl (C=O) groups is 9. The molecule has 21 nitrogen and oxygen atoms in total. The number of unbranched alkanes of at least 4 members (excludes halogenated alkanes) is 2. The number of aliphatic carboxylic acids is 1. The van der Waals surface area contributed by atoms with E-state index < -0.39 is 65.7 Å². The molecule has 8 N–H and O–H groups in total. The zero-order valence-electron chi connectivity index (χ0n) is 38.7. The highest BCUT2D eigenvalue weighted by molar-refractivity contribution is 8.76. The van der Waals surface area contributed by atoms with Crippen LogP contribution in [0.4, 0.5) is 0 Å². The lowest BCUT2D eigenvalue weighted by Gasteiger charge is -2.24. The predicted molar refractivity (Wildman–Crippen MR) is 261 cm³/mol. The second-order valence-corrected chi connectivity index (χ2v) is 20.3. The SMILES string of the molecule is CSC1CC(=O)N(CCCCCC(=O)NC(CSSCC(NC(=O)C(CC(=O)C(Cc2cnc[nH]2)NC(=O)C(CC(=O)c2ccccc2CO)Cc2cnc[nH]2)Cc2cnc[nH]2)C(=O)O)C(C)=O)C1=O. The number of rotatable bonds is 32. The number of aliphatic hydroxyl groups is 1. The van der Waals surface area contributed by atoms with E-state index in [9.17, 15) is 53.4 Å². The van der Waals surface area contributed by atoms with E-state index in [4.69, 9.17) is 0 Å². The van der Waals surface area contributed by atoms with Crippen molar-refractivity contribution in [2.75, 3.05) is 24.3 Å². The Morgan fingerprint density at radius 2 is 1.33 bits per heavy atom. The first-order chi connectivity index (χ1) is 33.7. The molecule has 0 aliphatic carbocycles. The lowest BCUT2D eigenvalue weighted by atomic mass is 9.89. The summed E-state index contributed by atoms with van der Waals surface area (Å²) in [6.07, 6.45) is 11.6. The first kappa shape index (κ1) is 54.8. The number of hydrogen-bond donors (Lipinski definition) is 8. The Labute approximate surface area is 415 Å². The van der Waals surface area contributed by atoms with Crippen LogP contribution in [0.25, 0.3) is 0 Å². The number of nitrogens with zero attached hydrogens (tertiary/aromatic N) is 4. The maximum absolute atomic E-state index is 14.3. The van der Waals surface area contributed by atoms with E-state index in [-0.39, 0.29) is 97.5 Å². The van der Waals surface area contributed by atoms with E-state index in [1.807, 2.05) is 0 Å². The highest BCUT2D eigenvalue weighted by Crippen LogP contribution is 2.26. The number of H-pyrrole nitrogens is 3. The normalized spacial score (nSPS) is 15.7. The number of carboxylic acid groups (broad SMARTS) is 1. The van der Waals surface area contributed by atoms with Crippen LogP contribution in [0.5, 0.6) is 0 Å². The van der Waals surface area contributed by atoms with Crippen LogP contribution in [0.2, 0.25) is 0 Å². The van der Waals surface area contributed by atoms with Crippen molar-refractivity contribution >= 4 is 86.2 Å². The first-order valence-corrected chi connectivity index (χ1v) is 26.4. The van der Waals surface area contributed by atoms with E-state index in [1.54, 1.807) is 30.5 Å². The van der Waals surface area contributed by atoms with Gasteiger partial charge in [-0.05, 0) is 31.6 Å². The number of Topliss-reactive ketones (excluding diaryl/α,β-unsaturated/α-hetero) is 3. The number of imidazole rings is 3. The molecule has 1 aliphatic heterocycles. The van der Waals surface area contributed by atoms with Crippen LogP contribution in [0, 0.1) is 11.8 Å². The lowest BCUT2D eigenvalue weighted by molar-refractivity contribution is -0.142. The van der Waals surface area contributed by atoms with Crippen molar-refractivity contribution in [1.29, 1.82) is 0 Å².